The van der Waals surface area contributed by atoms with Crippen molar-refractivity contribution in [2.75, 3.05) is 31.1 Å². The smallest absolute Gasteiger partial charge is 0.352 e. The second-order valence-electron chi connectivity index (χ2n) is 6.41. The maximum Gasteiger partial charge on any atom is 0.433 e. The zero-order valence-electron chi connectivity index (χ0n) is 15.1. The van der Waals surface area contributed by atoms with Crippen LogP contribution in [0, 0.1) is 0 Å². The number of aromatic nitrogens is 5. The lowest BCUT2D eigenvalue weighted by molar-refractivity contribution is -0.141. The third-order valence-corrected chi connectivity index (χ3v) is 4.57. The summed E-state index contributed by atoms with van der Waals surface area (Å²) < 4.78 is 39.4. The number of hydrogen-bond donors (Lipinski definition) is 0. The Kier molecular flexibility index (Phi) is 4.87. The highest BCUT2D eigenvalue weighted by Gasteiger charge is 2.32. The summed E-state index contributed by atoms with van der Waals surface area (Å²) in [6.45, 7) is 1.91. The second kappa shape index (κ2) is 7.49. The zero-order chi connectivity index (χ0) is 20.4. The average Bonchev–Trinajstić information content (AvgIpc) is 3.28. The first-order valence-corrected chi connectivity index (χ1v) is 8.83. The number of anilines is 1. The van der Waals surface area contributed by atoms with Gasteiger partial charge < -0.3 is 9.80 Å². The maximum atomic E-state index is 12.6. The minimum Gasteiger partial charge on any atom is -0.352 e. The maximum absolute atomic E-state index is 12.6. The molecule has 0 aromatic carbocycles. The van der Waals surface area contributed by atoms with E-state index in [0.29, 0.717) is 37.8 Å². The molecule has 8 nitrogen and oxygen atoms in total. The first-order chi connectivity index (χ1) is 13.9. The van der Waals surface area contributed by atoms with Gasteiger partial charge in [0.05, 0.1) is 5.56 Å². The summed E-state index contributed by atoms with van der Waals surface area (Å²) in [4.78, 5) is 19.5. The molecular weight excluding hydrogens is 387 g/mol. The second-order valence-corrected chi connectivity index (χ2v) is 6.41. The molecule has 0 radical (unpaired) electrons. The third kappa shape index (κ3) is 4.03. The van der Waals surface area contributed by atoms with E-state index < -0.39 is 11.9 Å². The highest BCUT2D eigenvalue weighted by atomic mass is 19.4. The SMILES string of the molecule is O=C(c1ccc(C(F)(F)F)nc1)N1CCN(c2ccc(-n3cccn3)nn2)CC1. The van der Waals surface area contributed by atoms with E-state index in [1.165, 1.54) is 0 Å². The predicted molar refractivity (Wildman–Crippen MR) is 96.5 cm³/mol. The number of rotatable bonds is 3. The van der Waals surface area contributed by atoms with Crippen molar-refractivity contribution in [3.8, 4) is 5.82 Å². The van der Waals surface area contributed by atoms with E-state index >= 15 is 0 Å². The van der Waals surface area contributed by atoms with Crippen LogP contribution in [0.1, 0.15) is 16.1 Å². The Labute approximate surface area is 163 Å². The normalized spacial score (nSPS) is 14.9. The van der Waals surface area contributed by atoms with Gasteiger partial charge in [-0.25, -0.2) is 4.68 Å². The molecule has 150 valence electrons. The molecule has 1 fully saturated rings. The number of pyridine rings is 1. The lowest BCUT2D eigenvalue weighted by atomic mass is 10.2. The third-order valence-electron chi connectivity index (χ3n) is 4.57. The first kappa shape index (κ1) is 18.8. The molecule has 0 aliphatic carbocycles. The molecule has 1 aliphatic heterocycles. The van der Waals surface area contributed by atoms with Crippen molar-refractivity contribution in [2.24, 2.45) is 0 Å². The summed E-state index contributed by atoms with van der Waals surface area (Å²) in [6, 6.07) is 7.41. The summed E-state index contributed by atoms with van der Waals surface area (Å²) in [5.74, 6) is 0.942. The molecule has 0 saturated carbocycles. The van der Waals surface area contributed by atoms with E-state index in [-0.39, 0.29) is 11.5 Å². The molecule has 29 heavy (non-hydrogen) atoms. The van der Waals surface area contributed by atoms with Crippen LogP contribution < -0.4 is 4.90 Å². The summed E-state index contributed by atoms with van der Waals surface area (Å²) in [5, 5.41) is 12.5. The summed E-state index contributed by atoms with van der Waals surface area (Å²) in [5.41, 5.74) is -0.884. The van der Waals surface area contributed by atoms with Crippen LogP contribution in [-0.2, 0) is 6.18 Å². The molecular formula is C18H16F3N7O. The molecule has 3 aromatic rings. The Morgan fingerprint density at radius 1 is 0.966 bits per heavy atom. The Morgan fingerprint density at radius 3 is 2.24 bits per heavy atom. The standard InChI is InChI=1S/C18H16F3N7O/c19-18(20,21)14-3-2-13(12-22-14)17(29)27-10-8-26(9-11-27)15-4-5-16(25-24-15)28-7-1-6-23-28/h1-7,12H,8-11H2. The van der Waals surface area contributed by atoms with Gasteiger partial charge in [-0.2, -0.15) is 18.3 Å². The number of halogens is 3. The molecule has 1 saturated heterocycles. The van der Waals surface area contributed by atoms with Gasteiger partial charge in [0.2, 0.25) is 0 Å². The fourth-order valence-corrected chi connectivity index (χ4v) is 3.02. The van der Waals surface area contributed by atoms with Gasteiger partial charge in [-0.1, -0.05) is 0 Å². The molecule has 3 aromatic heterocycles. The van der Waals surface area contributed by atoms with Crippen molar-refractivity contribution < 1.29 is 18.0 Å². The van der Waals surface area contributed by atoms with Gasteiger partial charge in [0, 0.05) is 44.8 Å². The van der Waals surface area contributed by atoms with E-state index in [1.807, 2.05) is 11.0 Å². The van der Waals surface area contributed by atoms with Crippen LogP contribution in [0.15, 0.2) is 48.9 Å². The Morgan fingerprint density at radius 2 is 1.69 bits per heavy atom. The number of alkyl halides is 3. The van der Waals surface area contributed by atoms with Gasteiger partial charge >= 0.3 is 6.18 Å². The molecule has 1 amide bonds. The molecule has 0 N–H and O–H groups in total. The number of nitrogens with zero attached hydrogens (tertiary/aromatic N) is 7. The fourth-order valence-electron chi connectivity index (χ4n) is 3.02. The van der Waals surface area contributed by atoms with Crippen LogP contribution in [0.3, 0.4) is 0 Å². The quantitative estimate of drug-likeness (QED) is 0.666. The zero-order valence-corrected chi connectivity index (χ0v) is 15.1. The first-order valence-electron chi connectivity index (χ1n) is 8.83. The van der Waals surface area contributed by atoms with Gasteiger partial charge in [0.15, 0.2) is 11.6 Å². The Balaban J connectivity index is 1.37. The topological polar surface area (TPSA) is 80.0 Å². The molecule has 4 rings (SSSR count). The monoisotopic (exact) mass is 403 g/mol. The summed E-state index contributed by atoms with van der Waals surface area (Å²) in [6.07, 6.45) is -0.138. The lowest BCUT2D eigenvalue weighted by Gasteiger charge is -2.35. The van der Waals surface area contributed by atoms with E-state index in [0.717, 1.165) is 18.3 Å². The minimum absolute atomic E-state index is 0.134. The molecule has 0 unspecified atom stereocenters. The van der Waals surface area contributed by atoms with Crippen molar-refractivity contribution in [1.29, 1.82) is 0 Å². The molecule has 11 heteroatoms. The molecule has 0 atom stereocenters. The van der Waals surface area contributed by atoms with Gasteiger partial charge in [0.25, 0.3) is 5.91 Å². The fraction of sp³-hybridized carbons (Fsp3) is 0.278. The van der Waals surface area contributed by atoms with Gasteiger partial charge in [-0.05, 0) is 30.3 Å². The van der Waals surface area contributed by atoms with Gasteiger partial charge in [-0.3, -0.25) is 9.78 Å². The van der Waals surface area contributed by atoms with Crippen LogP contribution >= 0.6 is 0 Å². The predicted octanol–water partition coefficient (Wildman–Crippen LogP) is 2.04. The minimum atomic E-state index is -4.53. The number of carbonyl (C=O) groups is 1. The summed E-state index contributed by atoms with van der Waals surface area (Å²) >= 11 is 0. The average molecular weight is 403 g/mol. The number of hydrogen-bond acceptors (Lipinski definition) is 6. The van der Waals surface area contributed by atoms with Crippen molar-refractivity contribution in [3.05, 3.63) is 60.2 Å². The van der Waals surface area contributed by atoms with Crippen molar-refractivity contribution >= 4 is 11.7 Å². The van der Waals surface area contributed by atoms with E-state index in [4.69, 9.17) is 0 Å². The van der Waals surface area contributed by atoms with E-state index in [1.54, 1.807) is 34.1 Å². The van der Waals surface area contributed by atoms with Crippen molar-refractivity contribution in [3.63, 3.8) is 0 Å². The highest BCUT2D eigenvalue weighted by Crippen LogP contribution is 2.27. The lowest BCUT2D eigenvalue weighted by Crippen LogP contribution is -2.49. The summed E-state index contributed by atoms with van der Waals surface area (Å²) in [7, 11) is 0. The Bertz CT molecular complexity index is 964. The molecule has 4 heterocycles. The largest absolute Gasteiger partial charge is 0.433 e. The van der Waals surface area contributed by atoms with Gasteiger partial charge in [0.1, 0.15) is 5.69 Å². The molecule has 0 spiro atoms. The van der Waals surface area contributed by atoms with Crippen LogP contribution in [0.2, 0.25) is 0 Å². The van der Waals surface area contributed by atoms with Crippen molar-refractivity contribution in [2.45, 2.75) is 6.18 Å². The van der Waals surface area contributed by atoms with Crippen LogP contribution in [0.4, 0.5) is 19.0 Å². The van der Waals surface area contributed by atoms with E-state index in [2.05, 4.69) is 20.3 Å². The van der Waals surface area contributed by atoms with Crippen LogP contribution in [0.25, 0.3) is 5.82 Å². The van der Waals surface area contributed by atoms with Gasteiger partial charge in [-0.15, -0.1) is 10.2 Å². The van der Waals surface area contributed by atoms with Crippen LogP contribution in [-0.4, -0.2) is 61.9 Å². The van der Waals surface area contributed by atoms with Crippen molar-refractivity contribution in [1.82, 2.24) is 29.9 Å². The highest BCUT2D eigenvalue weighted by molar-refractivity contribution is 5.94. The molecule has 1 aliphatic rings. The number of carbonyl (C=O) groups excluding carboxylic acids is 1. The Hall–Kier alpha value is -3.50. The molecule has 0 bridgehead atoms. The van der Waals surface area contributed by atoms with Crippen LogP contribution in [0.5, 0.6) is 0 Å². The van der Waals surface area contributed by atoms with E-state index in [9.17, 15) is 18.0 Å². The number of piperazine rings is 1. The number of amides is 1.